The van der Waals surface area contributed by atoms with E-state index in [4.69, 9.17) is 16.2 Å². The minimum atomic E-state index is 0.747. The Morgan fingerprint density at radius 3 is 2.12 bits per heavy atom. The van der Waals surface area contributed by atoms with Crippen LogP contribution in [0.4, 0.5) is 11.4 Å². The standard InChI is InChI=1S/C21H18N2O/c1-13-5-6-15-12-17(23)8-10-19(15)21(13)24-20-4-2-3-14-11-16(22)7-9-18(14)20/h2-12H,22-23H2,1H3. The van der Waals surface area contributed by atoms with E-state index in [-0.39, 0.29) is 0 Å². The molecular weight excluding hydrogens is 296 g/mol. The number of nitrogens with two attached hydrogens (primary N) is 2. The molecule has 0 saturated heterocycles. The van der Waals surface area contributed by atoms with Crippen molar-refractivity contribution in [3.63, 3.8) is 0 Å². The molecule has 3 heteroatoms. The van der Waals surface area contributed by atoms with E-state index in [1.54, 1.807) is 0 Å². The molecule has 24 heavy (non-hydrogen) atoms. The minimum absolute atomic E-state index is 0.747. The summed E-state index contributed by atoms with van der Waals surface area (Å²) in [5, 5.41) is 4.23. The molecule has 0 fully saturated rings. The molecule has 4 aromatic rings. The molecule has 118 valence electrons. The number of benzene rings is 4. The van der Waals surface area contributed by atoms with E-state index in [2.05, 4.69) is 12.1 Å². The number of anilines is 2. The zero-order valence-electron chi connectivity index (χ0n) is 13.4. The van der Waals surface area contributed by atoms with Crippen molar-refractivity contribution in [2.45, 2.75) is 6.92 Å². The zero-order valence-corrected chi connectivity index (χ0v) is 13.4. The number of fused-ring (bicyclic) bond motifs is 2. The van der Waals surface area contributed by atoms with Gasteiger partial charge in [-0.25, -0.2) is 0 Å². The van der Waals surface area contributed by atoms with E-state index in [0.29, 0.717) is 0 Å². The fourth-order valence-corrected chi connectivity index (χ4v) is 3.04. The SMILES string of the molecule is Cc1ccc2cc(N)ccc2c1Oc1cccc2cc(N)ccc12. The van der Waals surface area contributed by atoms with Crippen LogP contribution in [-0.2, 0) is 0 Å². The lowest BCUT2D eigenvalue weighted by molar-refractivity contribution is 0.490. The van der Waals surface area contributed by atoms with Crippen LogP contribution in [0.1, 0.15) is 5.56 Å². The Bertz CT molecular complexity index is 1070. The zero-order chi connectivity index (χ0) is 16.7. The van der Waals surface area contributed by atoms with Crippen LogP contribution in [0.2, 0.25) is 0 Å². The van der Waals surface area contributed by atoms with Gasteiger partial charge in [-0.05, 0) is 65.7 Å². The van der Waals surface area contributed by atoms with Gasteiger partial charge < -0.3 is 16.2 Å². The second kappa shape index (κ2) is 5.46. The summed E-state index contributed by atoms with van der Waals surface area (Å²) in [6.45, 7) is 2.05. The summed E-state index contributed by atoms with van der Waals surface area (Å²) < 4.78 is 6.33. The van der Waals surface area contributed by atoms with Crippen molar-refractivity contribution in [2.75, 3.05) is 11.5 Å². The lowest BCUT2D eigenvalue weighted by Gasteiger charge is -2.14. The van der Waals surface area contributed by atoms with E-state index in [9.17, 15) is 0 Å². The Kier molecular flexibility index (Phi) is 3.28. The van der Waals surface area contributed by atoms with Crippen LogP contribution < -0.4 is 16.2 Å². The third-order valence-electron chi connectivity index (χ3n) is 4.27. The van der Waals surface area contributed by atoms with Gasteiger partial charge >= 0.3 is 0 Å². The van der Waals surface area contributed by atoms with Crippen molar-refractivity contribution in [2.24, 2.45) is 0 Å². The highest BCUT2D eigenvalue weighted by atomic mass is 16.5. The molecule has 4 N–H and O–H groups in total. The number of ether oxygens (including phenoxy) is 1. The van der Waals surface area contributed by atoms with Gasteiger partial charge in [0.2, 0.25) is 0 Å². The summed E-state index contributed by atoms with van der Waals surface area (Å²) in [5.74, 6) is 1.68. The lowest BCUT2D eigenvalue weighted by atomic mass is 10.0. The highest BCUT2D eigenvalue weighted by molar-refractivity contribution is 5.94. The largest absolute Gasteiger partial charge is 0.456 e. The van der Waals surface area contributed by atoms with Gasteiger partial charge in [0, 0.05) is 22.1 Å². The van der Waals surface area contributed by atoms with Gasteiger partial charge in [-0.3, -0.25) is 0 Å². The predicted molar refractivity (Wildman–Crippen MR) is 102 cm³/mol. The Hall–Kier alpha value is -3.20. The Balaban J connectivity index is 1.90. The van der Waals surface area contributed by atoms with Gasteiger partial charge in [0.05, 0.1) is 0 Å². The van der Waals surface area contributed by atoms with Gasteiger partial charge in [-0.2, -0.15) is 0 Å². The van der Waals surface area contributed by atoms with Crippen molar-refractivity contribution < 1.29 is 4.74 Å². The fraction of sp³-hybridized carbons (Fsp3) is 0.0476. The summed E-state index contributed by atoms with van der Waals surface area (Å²) in [6, 6.07) is 21.8. The van der Waals surface area contributed by atoms with Gasteiger partial charge in [0.1, 0.15) is 11.5 Å². The second-order valence-electron chi connectivity index (χ2n) is 6.03. The number of hydrogen-bond donors (Lipinski definition) is 2. The molecule has 0 amide bonds. The number of hydrogen-bond acceptors (Lipinski definition) is 3. The molecule has 0 aliphatic rings. The third-order valence-corrected chi connectivity index (χ3v) is 4.27. The van der Waals surface area contributed by atoms with Crippen LogP contribution in [0.15, 0.2) is 66.7 Å². The average molecular weight is 314 g/mol. The molecule has 0 bridgehead atoms. The summed E-state index contributed by atoms with van der Waals surface area (Å²) in [5.41, 5.74) is 14.4. The van der Waals surface area contributed by atoms with Crippen molar-refractivity contribution >= 4 is 32.9 Å². The summed E-state index contributed by atoms with van der Waals surface area (Å²) in [6.07, 6.45) is 0. The first-order chi connectivity index (χ1) is 11.6. The summed E-state index contributed by atoms with van der Waals surface area (Å²) >= 11 is 0. The Morgan fingerprint density at radius 2 is 1.38 bits per heavy atom. The van der Waals surface area contributed by atoms with Crippen molar-refractivity contribution in [1.82, 2.24) is 0 Å². The molecule has 0 unspecified atom stereocenters. The van der Waals surface area contributed by atoms with Crippen LogP contribution in [0.5, 0.6) is 11.5 Å². The fourth-order valence-electron chi connectivity index (χ4n) is 3.04. The van der Waals surface area contributed by atoms with E-state index < -0.39 is 0 Å². The molecule has 0 atom stereocenters. The quantitative estimate of drug-likeness (QED) is 0.496. The maximum Gasteiger partial charge on any atom is 0.138 e. The van der Waals surface area contributed by atoms with Crippen molar-refractivity contribution in [3.05, 3.63) is 72.3 Å². The highest BCUT2D eigenvalue weighted by Gasteiger charge is 2.10. The van der Waals surface area contributed by atoms with E-state index in [0.717, 1.165) is 50.0 Å². The molecule has 0 aromatic heterocycles. The van der Waals surface area contributed by atoms with E-state index >= 15 is 0 Å². The van der Waals surface area contributed by atoms with Crippen LogP contribution in [0.25, 0.3) is 21.5 Å². The maximum atomic E-state index is 6.33. The molecule has 3 nitrogen and oxygen atoms in total. The normalized spacial score (nSPS) is 11.0. The van der Waals surface area contributed by atoms with Gasteiger partial charge in [-0.1, -0.05) is 24.3 Å². The average Bonchev–Trinajstić information content (AvgIpc) is 2.57. The van der Waals surface area contributed by atoms with Gasteiger partial charge in [-0.15, -0.1) is 0 Å². The first-order valence-electron chi connectivity index (χ1n) is 7.87. The molecule has 4 rings (SSSR count). The van der Waals surface area contributed by atoms with Crippen molar-refractivity contribution in [1.29, 1.82) is 0 Å². The summed E-state index contributed by atoms with van der Waals surface area (Å²) in [7, 11) is 0. The summed E-state index contributed by atoms with van der Waals surface area (Å²) in [4.78, 5) is 0. The third kappa shape index (κ3) is 2.40. The molecule has 0 radical (unpaired) electrons. The number of aryl methyl sites for hydroxylation is 1. The molecular formula is C21H18N2O. The lowest BCUT2D eigenvalue weighted by Crippen LogP contribution is -1.92. The molecule has 4 aromatic carbocycles. The van der Waals surface area contributed by atoms with Crippen LogP contribution in [-0.4, -0.2) is 0 Å². The number of nitrogen functional groups attached to an aromatic ring is 2. The van der Waals surface area contributed by atoms with Crippen LogP contribution >= 0.6 is 0 Å². The molecule has 0 saturated carbocycles. The van der Waals surface area contributed by atoms with Gasteiger partial charge in [0.25, 0.3) is 0 Å². The topological polar surface area (TPSA) is 61.3 Å². The Morgan fingerprint density at radius 1 is 0.708 bits per heavy atom. The minimum Gasteiger partial charge on any atom is -0.456 e. The van der Waals surface area contributed by atoms with Crippen LogP contribution in [0.3, 0.4) is 0 Å². The van der Waals surface area contributed by atoms with Crippen molar-refractivity contribution in [3.8, 4) is 11.5 Å². The first-order valence-corrected chi connectivity index (χ1v) is 7.87. The van der Waals surface area contributed by atoms with Gasteiger partial charge in [0.15, 0.2) is 0 Å². The maximum absolute atomic E-state index is 6.33. The monoisotopic (exact) mass is 314 g/mol. The molecule has 0 heterocycles. The predicted octanol–water partition coefficient (Wildman–Crippen LogP) is 5.26. The van der Waals surface area contributed by atoms with E-state index in [1.165, 1.54) is 0 Å². The van der Waals surface area contributed by atoms with Crippen LogP contribution in [0, 0.1) is 6.92 Å². The first kappa shape index (κ1) is 14.4. The molecule has 0 aliphatic heterocycles. The number of rotatable bonds is 2. The molecule has 0 aliphatic carbocycles. The molecule has 0 spiro atoms. The Labute approximate surface area is 140 Å². The smallest absolute Gasteiger partial charge is 0.138 e. The highest BCUT2D eigenvalue weighted by Crippen LogP contribution is 2.37. The second-order valence-corrected chi connectivity index (χ2v) is 6.03. The van der Waals surface area contributed by atoms with E-state index in [1.807, 2.05) is 61.5 Å².